The van der Waals surface area contributed by atoms with Gasteiger partial charge in [-0.15, -0.1) is 0 Å². The van der Waals surface area contributed by atoms with Crippen molar-refractivity contribution in [2.75, 3.05) is 13.6 Å². The fraction of sp³-hybridized carbons (Fsp3) is 0.238. The van der Waals surface area contributed by atoms with Gasteiger partial charge in [0.05, 0.1) is 23.2 Å². The van der Waals surface area contributed by atoms with E-state index in [4.69, 9.17) is 4.98 Å². The molecule has 4 heteroatoms. The van der Waals surface area contributed by atoms with E-state index in [1.807, 2.05) is 79.8 Å². The van der Waals surface area contributed by atoms with Gasteiger partial charge in [0.15, 0.2) is 0 Å². The van der Waals surface area contributed by atoms with Crippen molar-refractivity contribution >= 4 is 22.9 Å². The first-order valence-electron chi connectivity index (χ1n) is 8.48. The van der Waals surface area contributed by atoms with Crippen LogP contribution in [-0.4, -0.2) is 34.9 Å². The number of aromatic nitrogens is 1. The summed E-state index contributed by atoms with van der Waals surface area (Å²) in [5, 5.41) is 11.8. The lowest BCUT2D eigenvalue weighted by Gasteiger charge is -2.15. The molecule has 4 nitrogen and oxygen atoms in total. The highest BCUT2D eigenvalue weighted by Gasteiger charge is 2.15. The lowest BCUT2D eigenvalue weighted by Crippen LogP contribution is -2.14. The SMILES string of the molecule is CCN(C)C=Nc1cc2cccc(C(O)c3ccccc3)c2nc1C. The Labute approximate surface area is 148 Å². The Hall–Kier alpha value is -2.72. The molecule has 0 bridgehead atoms. The van der Waals surface area contributed by atoms with E-state index in [0.29, 0.717) is 0 Å². The highest BCUT2D eigenvalue weighted by molar-refractivity contribution is 5.86. The normalized spacial score (nSPS) is 12.6. The topological polar surface area (TPSA) is 48.7 Å². The molecule has 0 saturated carbocycles. The van der Waals surface area contributed by atoms with Gasteiger partial charge in [0, 0.05) is 24.5 Å². The second kappa shape index (κ2) is 7.45. The standard InChI is InChI=1S/C21H23N3O/c1-4-24(3)14-22-19-13-17-11-8-12-18(20(17)23-15(19)2)21(25)16-9-6-5-7-10-16/h5-14,21,25H,4H2,1-3H3. The number of aliphatic imine (C=N–C) groups is 1. The number of hydrogen-bond donors (Lipinski definition) is 1. The second-order valence-corrected chi connectivity index (χ2v) is 6.14. The Morgan fingerprint density at radius 2 is 1.92 bits per heavy atom. The fourth-order valence-electron chi connectivity index (χ4n) is 2.71. The molecule has 0 spiro atoms. The summed E-state index contributed by atoms with van der Waals surface area (Å²) in [7, 11) is 1.99. The van der Waals surface area contributed by atoms with E-state index in [-0.39, 0.29) is 0 Å². The summed E-state index contributed by atoms with van der Waals surface area (Å²) in [6.45, 7) is 4.93. The van der Waals surface area contributed by atoms with Gasteiger partial charge in [-0.25, -0.2) is 4.99 Å². The zero-order valence-electron chi connectivity index (χ0n) is 14.8. The molecule has 3 rings (SSSR count). The van der Waals surface area contributed by atoms with Crippen molar-refractivity contribution in [2.45, 2.75) is 20.0 Å². The lowest BCUT2D eigenvalue weighted by molar-refractivity contribution is 0.221. The highest BCUT2D eigenvalue weighted by atomic mass is 16.3. The summed E-state index contributed by atoms with van der Waals surface area (Å²) >= 11 is 0. The molecule has 0 aliphatic heterocycles. The summed E-state index contributed by atoms with van der Waals surface area (Å²) < 4.78 is 0. The van der Waals surface area contributed by atoms with Crippen LogP contribution in [0.2, 0.25) is 0 Å². The summed E-state index contributed by atoms with van der Waals surface area (Å²) in [6, 6.07) is 17.6. The number of hydrogen-bond acceptors (Lipinski definition) is 3. The molecule has 1 atom stereocenters. The molecular weight excluding hydrogens is 310 g/mol. The molecular formula is C21H23N3O. The van der Waals surface area contributed by atoms with Crippen LogP contribution in [-0.2, 0) is 0 Å². The number of rotatable bonds is 5. The van der Waals surface area contributed by atoms with Gasteiger partial charge in [0.2, 0.25) is 0 Å². The molecule has 25 heavy (non-hydrogen) atoms. The molecule has 0 amide bonds. The summed E-state index contributed by atoms with van der Waals surface area (Å²) in [5.41, 5.74) is 4.19. The van der Waals surface area contributed by atoms with Gasteiger partial charge < -0.3 is 10.0 Å². The molecule has 1 unspecified atom stereocenters. The maximum atomic E-state index is 10.8. The van der Waals surface area contributed by atoms with Crippen molar-refractivity contribution < 1.29 is 5.11 Å². The third-order valence-corrected chi connectivity index (χ3v) is 4.34. The summed E-state index contributed by atoms with van der Waals surface area (Å²) in [6.07, 6.45) is 1.12. The molecule has 1 aromatic heterocycles. The fourth-order valence-corrected chi connectivity index (χ4v) is 2.71. The first-order chi connectivity index (χ1) is 12.1. The van der Waals surface area contributed by atoms with Crippen LogP contribution < -0.4 is 0 Å². The van der Waals surface area contributed by atoms with Gasteiger partial charge in [0.25, 0.3) is 0 Å². The largest absolute Gasteiger partial charge is 0.384 e. The number of pyridine rings is 1. The zero-order valence-corrected chi connectivity index (χ0v) is 14.8. The van der Waals surface area contributed by atoms with Crippen LogP contribution in [0.25, 0.3) is 10.9 Å². The van der Waals surface area contributed by atoms with Crippen molar-refractivity contribution in [2.24, 2.45) is 4.99 Å². The Balaban J connectivity index is 2.05. The molecule has 0 radical (unpaired) electrons. The van der Waals surface area contributed by atoms with Gasteiger partial charge in [-0.2, -0.15) is 0 Å². The number of aliphatic hydroxyl groups is 1. The Bertz CT molecular complexity index is 890. The molecule has 0 aliphatic carbocycles. The van der Waals surface area contributed by atoms with Crippen LogP contribution in [0, 0.1) is 6.92 Å². The predicted molar refractivity (Wildman–Crippen MR) is 103 cm³/mol. The number of benzene rings is 2. The molecule has 1 N–H and O–H groups in total. The van der Waals surface area contributed by atoms with Gasteiger partial charge in [-0.3, -0.25) is 4.98 Å². The predicted octanol–water partition coefficient (Wildman–Crippen LogP) is 4.24. The molecule has 1 heterocycles. The summed E-state index contributed by atoms with van der Waals surface area (Å²) in [4.78, 5) is 11.3. The van der Waals surface area contributed by atoms with Crippen LogP contribution in [0.15, 0.2) is 59.6 Å². The van der Waals surface area contributed by atoms with E-state index in [0.717, 1.165) is 40.0 Å². The molecule has 2 aromatic carbocycles. The van der Waals surface area contributed by atoms with Crippen molar-refractivity contribution in [3.8, 4) is 0 Å². The third-order valence-electron chi connectivity index (χ3n) is 4.34. The van der Waals surface area contributed by atoms with Crippen molar-refractivity contribution in [1.29, 1.82) is 0 Å². The van der Waals surface area contributed by atoms with Crippen molar-refractivity contribution in [3.05, 3.63) is 71.4 Å². The average Bonchev–Trinajstić information content (AvgIpc) is 2.65. The maximum absolute atomic E-state index is 10.8. The van der Waals surface area contributed by atoms with E-state index in [1.54, 1.807) is 0 Å². The van der Waals surface area contributed by atoms with Gasteiger partial charge in [-0.1, -0.05) is 48.5 Å². The number of aryl methyl sites for hydroxylation is 1. The molecule has 0 saturated heterocycles. The number of para-hydroxylation sites is 1. The highest BCUT2D eigenvalue weighted by Crippen LogP contribution is 2.30. The van der Waals surface area contributed by atoms with E-state index in [2.05, 4.69) is 11.9 Å². The Morgan fingerprint density at radius 1 is 1.16 bits per heavy atom. The Kier molecular flexibility index (Phi) is 5.10. The van der Waals surface area contributed by atoms with Crippen LogP contribution >= 0.6 is 0 Å². The first-order valence-corrected chi connectivity index (χ1v) is 8.48. The maximum Gasteiger partial charge on any atom is 0.106 e. The molecule has 0 fully saturated rings. The first kappa shape index (κ1) is 17.1. The van der Waals surface area contributed by atoms with E-state index >= 15 is 0 Å². The monoisotopic (exact) mass is 333 g/mol. The van der Waals surface area contributed by atoms with Crippen LogP contribution in [0.4, 0.5) is 5.69 Å². The zero-order chi connectivity index (χ0) is 17.8. The van der Waals surface area contributed by atoms with Crippen LogP contribution in [0.5, 0.6) is 0 Å². The number of nitrogens with zero attached hydrogens (tertiary/aromatic N) is 3. The van der Waals surface area contributed by atoms with E-state index < -0.39 is 6.10 Å². The quantitative estimate of drug-likeness (QED) is 0.561. The molecule has 0 aliphatic rings. The Morgan fingerprint density at radius 3 is 2.64 bits per heavy atom. The van der Waals surface area contributed by atoms with Gasteiger partial charge >= 0.3 is 0 Å². The third kappa shape index (κ3) is 3.69. The molecule has 128 valence electrons. The van der Waals surface area contributed by atoms with Crippen LogP contribution in [0.1, 0.15) is 29.8 Å². The minimum absolute atomic E-state index is 0.697. The van der Waals surface area contributed by atoms with Crippen molar-refractivity contribution in [3.63, 3.8) is 0 Å². The number of fused-ring (bicyclic) bond motifs is 1. The smallest absolute Gasteiger partial charge is 0.106 e. The van der Waals surface area contributed by atoms with Crippen LogP contribution in [0.3, 0.4) is 0 Å². The lowest BCUT2D eigenvalue weighted by atomic mass is 9.98. The number of aliphatic hydroxyl groups excluding tert-OH is 1. The minimum atomic E-state index is -0.697. The van der Waals surface area contributed by atoms with E-state index in [9.17, 15) is 5.11 Å². The van der Waals surface area contributed by atoms with Crippen molar-refractivity contribution in [1.82, 2.24) is 9.88 Å². The van der Waals surface area contributed by atoms with Gasteiger partial charge in [-0.05, 0) is 25.5 Å². The average molecular weight is 333 g/mol. The second-order valence-electron chi connectivity index (χ2n) is 6.14. The summed E-state index contributed by atoms with van der Waals surface area (Å²) in [5.74, 6) is 0. The molecule has 3 aromatic rings. The van der Waals surface area contributed by atoms with Gasteiger partial charge in [0.1, 0.15) is 6.10 Å². The minimum Gasteiger partial charge on any atom is -0.384 e. The van der Waals surface area contributed by atoms with E-state index in [1.165, 1.54) is 0 Å².